The van der Waals surface area contributed by atoms with Crippen LogP contribution in [0.2, 0.25) is 0 Å². The summed E-state index contributed by atoms with van der Waals surface area (Å²) < 4.78 is 0. The minimum Gasteiger partial charge on any atom is -0.381 e. The van der Waals surface area contributed by atoms with Gasteiger partial charge in [0.05, 0.1) is 22.3 Å². The van der Waals surface area contributed by atoms with E-state index in [9.17, 15) is 5.21 Å². The molecule has 4 heteroatoms. The Morgan fingerprint density at radius 3 is 2.39 bits per heavy atom. The maximum Gasteiger partial charge on any atom is 0.0709 e. The first-order valence-electron chi connectivity index (χ1n) is 10.7. The molecule has 31 heavy (non-hydrogen) atoms. The normalized spacial score (nSPS) is 17.9. The van der Waals surface area contributed by atoms with E-state index < -0.39 is 11.1 Å². The third-order valence-electron chi connectivity index (χ3n) is 6.05. The van der Waals surface area contributed by atoms with Crippen molar-refractivity contribution in [1.29, 1.82) is 0 Å². The molecule has 0 atom stereocenters. The first-order valence-corrected chi connectivity index (χ1v) is 10.7. The quantitative estimate of drug-likeness (QED) is 0.502. The van der Waals surface area contributed by atoms with E-state index in [2.05, 4.69) is 72.9 Å². The third kappa shape index (κ3) is 4.41. The van der Waals surface area contributed by atoms with Crippen molar-refractivity contribution in [2.45, 2.75) is 45.7 Å². The first-order chi connectivity index (χ1) is 14.6. The van der Waals surface area contributed by atoms with Crippen molar-refractivity contribution in [3.63, 3.8) is 0 Å². The van der Waals surface area contributed by atoms with Crippen LogP contribution < -0.4 is 5.32 Å². The van der Waals surface area contributed by atoms with Gasteiger partial charge in [-0.15, -0.1) is 10.3 Å². The molecule has 0 aliphatic carbocycles. The second-order valence-electron chi connectivity index (χ2n) is 9.42. The highest BCUT2D eigenvalue weighted by Gasteiger charge is 2.45. The number of hydroxylamine groups is 2. The molecule has 1 N–H and O–H groups in total. The molecule has 0 spiro atoms. The summed E-state index contributed by atoms with van der Waals surface area (Å²) in [5, 5.41) is 18.3. The molecule has 2 heterocycles. The second kappa shape index (κ2) is 7.95. The summed E-state index contributed by atoms with van der Waals surface area (Å²) in [6.45, 7) is 10.6. The molecule has 4 rings (SSSR count). The number of rotatable bonds is 5. The van der Waals surface area contributed by atoms with E-state index >= 15 is 0 Å². The lowest BCUT2D eigenvalue weighted by Crippen LogP contribution is -2.47. The minimum absolute atomic E-state index is 0.467. The molecule has 1 aliphatic rings. The number of fused-ring (bicyclic) bond motifs is 1. The Bertz CT molecular complexity index is 1160. The zero-order valence-electron chi connectivity index (χ0n) is 18.9. The van der Waals surface area contributed by atoms with Crippen LogP contribution in [0.3, 0.4) is 0 Å². The van der Waals surface area contributed by atoms with Gasteiger partial charge in [-0.25, -0.2) is 4.98 Å². The van der Waals surface area contributed by atoms with E-state index in [-0.39, 0.29) is 0 Å². The molecular weight excluding hydrogens is 382 g/mol. The summed E-state index contributed by atoms with van der Waals surface area (Å²) >= 11 is 0. The second-order valence-corrected chi connectivity index (χ2v) is 9.42. The smallest absolute Gasteiger partial charge is 0.0709 e. The fraction of sp³-hybridized carbons (Fsp3) is 0.296. The van der Waals surface area contributed by atoms with Gasteiger partial charge < -0.3 is 5.32 Å². The van der Waals surface area contributed by atoms with Crippen LogP contribution in [0.1, 0.15) is 44.5 Å². The number of benzene rings is 2. The number of nitrogens with one attached hydrogen (secondary N) is 1. The topological polar surface area (TPSA) is 48.1 Å². The number of pyridine rings is 1. The Hall–Kier alpha value is -2.95. The number of nitrogens with zero attached hydrogens (tertiary/aromatic N) is 2. The highest BCUT2D eigenvalue weighted by molar-refractivity contribution is 5.81. The van der Waals surface area contributed by atoms with E-state index in [1.54, 1.807) is 0 Å². The van der Waals surface area contributed by atoms with Crippen molar-refractivity contribution >= 4 is 28.7 Å². The highest BCUT2D eigenvalue weighted by Crippen LogP contribution is 2.38. The first kappa shape index (κ1) is 21.3. The van der Waals surface area contributed by atoms with Gasteiger partial charge in [-0.05, 0) is 82.2 Å². The summed E-state index contributed by atoms with van der Waals surface area (Å²) in [5.74, 6) is 0. The fourth-order valence-electron chi connectivity index (χ4n) is 4.22. The Labute approximate surface area is 184 Å². The average molecular weight is 413 g/mol. The van der Waals surface area contributed by atoms with Gasteiger partial charge in [0.2, 0.25) is 0 Å². The molecule has 2 aromatic carbocycles. The summed E-state index contributed by atoms with van der Waals surface area (Å²) in [6.07, 6.45) is 6.20. The molecule has 1 aromatic heterocycles. The van der Waals surface area contributed by atoms with Crippen molar-refractivity contribution in [3.05, 3.63) is 83.1 Å². The monoisotopic (exact) mass is 412 g/mol. The average Bonchev–Trinajstić information content (AvgIpc) is 2.90. The van der Waals surface area contributed by atoms with Crippen molar-refractivity contribution in [2.75, 3.05) is 11.9 Å². The van der Waals surface area contributed by atoms with Crippen LogP contribution in [0.5, 0.6) is 0 Å². The molecule has 0 bridgehead atoms. The largest absolute Gasteiger partial charge is 0.381 e. The van der Waals surface area contributed by atoms with Crippen molar-refractivity contribution in [2.24, 2.45) is 0 Å². The lowest BCUT2D eigenvalue weighted by molar-refractivity contribution is -0.238. The van der Waals surface area contributed by atoms with Gasteiger partial charge in [0, 0.05) is 17.6 Å². The molecule has 0 amide bonds. The van der Waals surface area contributed by atoms with Gasteiger partial charge >= 0.3 is 0 Å². The minimum atomic E-state index is -0.495. The molecule has 159 valence electrons. The van der Waals surface area contributed by atoms with Crippen LogP contribution in [0.4, 0.5) is 5.69 Å². The summed E-state index contributed by atoms with van der Waals surface area (Å²) in [6, 6.07) is 18.8. The van der Waals surface area contributed by atoms with Crippen LogP contribution in [0, 0.1) is 6.92 Å². The maximum atomic E-state index is 12.5. The number of hydrogen-bond acceptors (Lipinski definition) is 3. The molecule has 1 radical (unpaired) electrons. The number of aromatic nitrogens is 1. The van der Waals surface area contributed by atoms with Gasteiger partial charge in [0.15, 0.2) is 0 Å². The predicted octanol–water partition coefficient (Wildman–Crippen LogP) is 6.27. The molecule has 3 aromatic rings. The van der Waals surface area contributed by atoms with Crippen LogP contribution in [0.25, 0.3) is 23.1 Å². The van der Waals surface area contributed by atoms with Crippen molar-refractivity contribution in [1.82, 2.24) is 10.0 Å². The summed E-state index contributed by atoms with van der Waals surface area (Å²) in [5.41, 5.74) is 5.51. The predicted molar refractivity (Wildman–Crippen MR) is 129 cm³/mol. The summed E-state index contributed by atoms with van der Waals surface area (Å²) in [4.78, 5) is 4.72. The molecule has 1 aliphatic heterocycles. The van der Waals surface area contributed by atoms with Crippen LogP contribution in [0.15, 0.2) is 66.2 Å². The standard InChI is InChI=1S/C27H30N3O/c1-19-6-15-25-21(16-19)10-14-24(29-25)13-9-20-7-11-23(12-8-20)28-18-22-17-26(2,3)30(31)27(22,4)5/h6-17,28H,18H2,1-5H3/b13-9+. The molecular formula is C27H30N3O. The SMILES string of the molecule is Cc1ccc2nc(/C=C/c3ccc(NCC4=CC(C)(C)N([O])C4(C)C)cc3)ccc2c1. The molecule has 0 saturated carbocycles. The Morgan fingerprint density at radius 2 is 1.71 bits per heavy atom. The van der Waals surface area contributed by atoms with E-state index in [1.807, 2.05) is 39.8 Å². The van der Waals surface area contributed by atoms with E-state index in [0.717, 1.165) is 33.4 Å². The van der Waals surface area contributed by atoms with Gasteiger partial charge in [0.25, 0.3) is 0 Å². The Balaban J connectivity index is 1.41. The zero-order chi connectivity index (χ0) is 22.2. The molecule has 4 nitrogen and oxygen atoms in total. The van der Waals surface area contributed by atoms with Gasteiger partial charge in [-0.1, -0.05) is 42.0 Å². The van der Waals surface area contributed by atoms with Crippen LogP contribution >= 0.6 is 0 Å². The van der Waals surface area contributed by atoms with Crippen molar-refractivity contribution < 1.29 is 5.21 Å². The van der Waals surface area contributed by atoms with Gasteiger partial charge in [-0.3, -0.25) is 0 Å². The van der Waals surface area contributed by atoms with Crippen molar-refractivity contribution in [3.8, 4) is 0 Å². The lowest BCUT2D eigenvalue weighted by Gasteiger charge is -2.34. The van der Waals surface area contributed by atoms with Crippen LogP contribution in [-0.4, -0.2) is 27.7 Å². The molecule has 0 saturated heterocycles. The molecule has 0 fully saturated rings. The highest BCUT2D eigenvalue weighted by atomic mass is 16.5. The Kier molecular flexibility index (Phi) is 5.46. The lowest BCUT2D eigenvalue weighted by atomic mass is 9.96. The maximum absolute atomic E-state index is 12.5. The summed E-state index contributed by atoms with van der Waals surface area (Å²) in [7, 11) is 0. The number of aryl methyl sites for hydroxylation is 1. The van der Waals surface area contributed by atoms with E-state index in [1.165, 1.54) is 10.6 Å². The fourth-order valence-corrected chi connectivity index (χ4v) is 4.22. The van der Waals surface area contributed by atoms with E-state index in [0.29, 0.717) is 6.54 Å². The van der Waals surface area contributed by atoms with Gasteiger partial charge in [0.1, 0.15) is 0 Å². The number of hydrogen-bond donors (Lipinski definition) is 1. The third-order valence-corrected chi connectivity index (χ3v) is 6.05. The Morgan fingerprint density at radius 1 is 0.968 bits per heavy atom. The van der Waals surface area contributed by atoms with Gasteiger partial charge in [-0.2, -0.15) is 0 Å². The zero-order valence-corrected chi connectivity index (χ0v) is 18.9. The number of anilines is 1. The van der Waals surface area contributed by atoms with Crippen LogP contribution in [-0.2, 0) is 5.21 Å². The molecule has 0 unspecified atom stereocenters. The van der Waals surface area contributed by atoms with E-state index in [4.69, 9.17) is 4.98 Å².